The van der Waals surface area contributed by atoms with Crippen LogP contribution in [0.15, 0.2) is 30.5 Å². The van der Waals surface area contributed by atoms with Crippen LogP contribution in [0.1, 0.15) is 0 Å². The molecule has 1 radical (unpaired) electrons. The lowest BCUT2D eigenvalue weighted by atomic mass is 10.2. The molecule has 0 unspecified atom stereocenters. The highest BCUT2D eigenvalue weighted by atomic mass is 16.2. The Morgan fingerprint density at radius 1 is 1.21 bits per heavy atom. The molecule has 1 aromatic heterocycles. The van der Waals surface area contributed by atoms with Gasteiger partial charge in [-0.3, -0.25) is 4.79 Å². The lowest BCUT2D eigenvalue weighted by Crippen LogP contribution is -2.48. The molecule has 0 spiro atoms. The zero-order valence-electron chi connectivity index (χ0n) is 11.2. The number of carbonyl (C=O) groups is 1. The summed E-state index contributed by atoms with van der Waals surface area (Å²) >= 11 is 0. The molecule has 1 aliphatic rings. The van der Waals surface area contributed by atoms with E-state index in [2.05, 4.69) is 18.0 Å². The Bertz CT molecular complexity index is 582. The van der Waals surface area contributed by atoms with E-state index in [1.165, 1.54) is 0 Å². The highest BCUT2D eigenvalue weighted by Gasteiger charge is 2.19. The molecule has 2 heterocycles. The minimum atomic E-state index is 0.197. The normalized spacial score (nSPS) is 17.0. The summed E-state index contributed by atoms with van der Waals surface area (Å²) in [6.45, 7) is 4.00. The van der Waals surface area contributed by atoms with Crippen molar-refractivity contribution in [1.82, 2.24) is 14.4 Å². The minimum Gasteiger partial charge on any atom is -0.339 e. The number of piperazine rings is 1. The highest BCUT2D eigenvalue weighted by Crippen LogP contribution is 2.14. The summed E-state index contributed by atoms with van der Waals surface area (Å²) in [6.07, 6.45) is 1.87. The van der Waals surface area contributed by atoms with Gasteiger partial charge in [0.25, 0.3) is 0 Å². The van der Waals surface area contributed by atoms with Gasteiger partial charge in [-0.25, -0.2) is 0 Å². The first-order valence-electron chi connectivity index (χ1n) is 6.66. The van der Waals surface area contributed by atoms with Crippen molar-refractivity contribution in [3.8, 4) is 0 Å². The van der Waals surface area contributed by atoms with E-state index in [4.69, 9.17) is 0 Å². The van der Waals surface area contributed by atoms with E-state index >= 15 is 0 Å². The van der Waals surface area contributed by atoms with Gasteiger partial charge in [-0.15, -0.1) is 0 Å². The van der Waals surface area contributed by atoms with Gasteiger partial charge < -0.3 is 14.4 Å². The van der Waals surface area contributed by atoms with Crippen molar-refractivity contribution in [2.45, 2.75) is 6.54 Å². The van der Waals surface area contributed by atoms with Gasteiger partial charge >= 0.3 is 0 Å². The summed E-state index contributed by atoms with van der Waals surface area (Å²) in [4.78, 5) is 16.5. The van der Waals surface area contributed by atoms with E-state index in [1.807, 2.05) is 39.9 Å². The van der Waals surface area contributed by atoms with Gasteiger partial charge in [0, 0.05) is 49.3 Å². The Kier molecular flexibility index (Phi) is 3.25. The fourth-order valence-electron chi connectivity index (χ4n) is 2.50. The second-order valence-electron chi connectivity index (χ2n) is 5.10. The summed E-state index contributed by atoms with van der Waals surface area (Å²) < 4.78 is 1.98. The molecule has 0 N–H and O–H groups in total. The molecule has 0 bridgehead atoms. The molecule has 1 aliphatic heterocycles. The van der Waals surface area contributed by atoms with E-state index in [0.717, 1.165) is 37.1 Å². The van der Waals surface area contributed by atoms with Gasteiger partial charge in [0.15, 0.2) is 0 Å². The monoisotopic (exact) mass is 256 g/mol. The molecule has 1 fully saturated rings. The first kappa shape index (κ1) is 12.2. The van der Waals surface area contributed by atoms with Crippen LogP contribution in [0.2, 0.25) is 0 Å². The third kappa shape index (κ3) is 2.49. The molecule has 1 saturated heterocycles. The van der Waals surface area contributed by atoms with Crippen molar-refractivity contribution < 1.29 is 4.79 Å². The van der Waals surface area contributed by atoms with E-state index in [9.17, 15) is 4.79 Å². The molecular weight excluding hydrogens is 238 g/mol. The van der Waals surface area contributed by atoms with Crippen molar-refractivity contribution in [1.29, 1.82) is 0 Å². The predicted octanol–water partition coefficient (Wildman–Crippen LogP) is 1.22. The number of likely N-dealkylation sites (N-methyl/N-ethyl adjacent to an activating group) is 1. The lowest BCUT2D eigenvalue weighted by Gasteiger charge is -2.32. The van der Waals surface area contributed by atoms with Crippen LogP contribution >= 0.6 is 0 Å². The Morgan fingerprint density at radius 3 is 2.74 bits per heavy atom. The Balaban J connectivity index is 1.72. The number of nitrogens with zero attached hydrogens (tertiary/aromatic N) is 3. The van der Waals surface area contributed by atoms with Crippen LogP contribution in [0.3, 0.4) is 0 Å². The summed E-state index contributed by atoms with van der Waals surface area (Å²) in [5.41, 5.74) is 1.07. The van der Waals surface area contributed by atoms with Crippen molar-refractivity contribution in [2.75, 3.05) is 33.2 Å². The minimum absolute atomic E-state index is 0.197. The fraction of sp³-hybridized carbons (Fsp3) is 0.400. The van der Waals surface area contributed by atoms with Crippen LogP contribution in [0.4, 0.5) is 0 Å². The summed E-state index contributed by atoms with van der Waals surface area (Å²) in [5, 5.41) is 1.06. The van der Waals surface area contributed by atoms with E-state index in [1.54, 1.807) is 0 Å². The second kappa shape index (κ2) is 5.05. The van der Waals surface area contributed by atoms with E-state index in [-0.39, 0.29) is 5.91 Å². The largest absolute Gasteiger partial charge is 0.339 e. The van der Waals surface area contributed by atoms with E-state index in [0.29, 0.717) is 6.54 Å². The molecule has 1 aromatic carbocycles. The quantitative estimate of drug-likeness (QED) is 0.808. The molecule has 4 nitrogen and oxygen atoms in total. The predicted molar refractivity (Wildman–Crippen MR) is 74.9 cm³/mol. The standard InChI is InChI=1S/C15H18N3O/c1-16-8-10-17(11-9-16)15(19)12-18-7-6-13-4-2-3-5-14(13)18/h2-5,7H,8-12H2,1H3. The third-order valence-electron chi connectivity index (χ3n) is 3.75. The second-order valence-corrected chi connectivity index (χ2v) is 5.10. The van der Waals surface area contributed by atoms with Crippen molar-refractivity contribution in [2.24, 2.45) is 0 Å². The van der Waals surface area contributed by atoms with Crippen LogP contribution in [-0.2, 0) is 11.3 Å². The molecule has 0 aliphatic carbocycles. The van der Waals surface area contributed by atoms with Gasteiger partial charge in [-0.2, -0.15) is 0 Å². The van der Waals surface area contributed by atoms with E-state index < -0.39 is 0 Å². The average molecular weight is 256 g/mol. The molecule has 0 atom stereocenters. The van der Waals surface area contributed by atoms with Gasteiger partial charge in [-0.05, 0) is 13.1 Å². The molecule has 1 amide bonds. The third-order valence-corrected chi connectivity index (χ3v) is 3.75. The first-order chi connectivity index (χ1) is 9.24. The van der Waals surface area contributed by atoms with Crippen molar-refractivity contribution in [3.63, 3.8) is 0 Å². The van der Waals surface area contributed by atoms with Crippen molar-refractivity contribution >= 4 is 16.8 Å². The Labute approximate surface area is 113 Å². The maximum Gasteiger partial charge on any atom is 0.242 e. The lowest BCUT2D eigenvalue weighted by molar-refractivity contribution is -0.133. The molecule has 4 heteroatoms. The molecule has 0 saturated carbocycles. The van der Waals surface area contributed by atoms with Crippen LogP contribution in [-0.4, -0.2) is 53.5 Å². The number of hydrogen-bond donors (Lipinski definition) is 0. The number of aromatic nitrogens is 1. The van der Waals surface area contributed by atoms with Crippen molar-refractivity contribution in [3.05, 3.63) is 36.5 Å². The van der Waals surface area contributed by atoms with Crippen LogP contribution in [0, 0.1) is 6.07 Å². The number of benzene rings is 1. The highest BCUT2D eigenvalue weighted by molar-refractivity contribution is 5.82. The SMILES string of the molecule is CN1CCN(C(=O)Cn2c[c]c3ccccc32)CC1. The summed E-state index contributed by atoms with van der Waals surface area (Å²) in [6, 6.07) is 11.2. The zero-order chi connectivity index (χ0) is 13.2. The maximum atomic E-state index is 12.3. The van der Waals surface area contributed by atoms with Crippen LogP contribution in [0.5, 0.6) is 0 Å². The van der Waals surface area contributed by atoms with Gasteiger partial charge in [-0.1, -0.05) is 18.2 Å². The van der Waals surface area contributed by atoms with Crippen LogP contribution in [0.25, 0.3) is 10.9 Å². The first-order valence-corrected chi connectivity index (χ1v) is 6.66. The number of carbonyl (C=O) groups excluding carboxylic acids is 1. The maximum absolute atomic E-state index is 12.3. The van der Waals surface area contributed by atoms with Gasteiger partial charge in [0.2, 0.25) is 5.91 Å². The number of fused-ring (bicyclic) bond motifs is 1. The summed E-state index contributed by atoms with van der Waals surface area (Å²) in [5.74, 6) is 0.197. The zero-order valence-corrected chi connectivity index (χ0v) is 11.2. The number of amides is 1. The molecule has 99 valence electrons. The topological polar surface area (TPSA) is 28.5 Å². The molecule has 19 heavy (non-hydrogen) atoms. The fourth-order valence-corrected chi connectivity index (χ4v) is 2.50. The molecule has 2 aromatic rings. The van der Waals surface area contributed by atoms with Gasteiger partial charge in [0.05, 0.1) is 0 Å². The Hall–Kier alpha value is -1.81. The molecule has 3 rings (SSSR count). The number of hydrogen-bond acceptors (Lipinski definition) is 2. The summed E-state index contributed by atoms with van der Waals surface area (Å²) in [7, 11) is 2.09. The Morgan fingerprint density at radius 2 is 1.95 bits per heavy atom. The molecular formula is C15H18N3O. The van der Waals surface area contributed by atoms with Gasteiger partial charge in [0.1, 0.15) is 6.54 Å². The number of para-hydroxylation sites is 1. The smallest absolute Gasteiger partial charge is 0.242 e. The van der Waals surface area contributed by atoms with Crippen LogP contribution < -0.4 is 0 Å². The number of rotatable bonds is 2. The average Bonchev–Trinajstić information content (AvgIpc) is 2.83.